The van der Waals surface area contributed by atoms with E-state index >= 15 is 0 Å². The lowest BCUT2D eigenvalue weighted by molar-refractivity contribution is -0.143. The van der Waals surface area contributed by atoms with Crippen molar-refractivity contribution < 1.29 is 28.7 Å². The molecular formula is C13H13FN2O5. The minimum Gasteiger partial charge on any atom is -0.479 e. The van der Waals surface area contributed by atoms with E-state index in [-0.39, 0.29) is 11.5 Å². The van der Waals surface area contributed by atoms with Gasteiger partial charge >= 0.3 is 5.97 Å². The number of carboxylic acids is 1. The van der Waals surface area contributed by atoms with E-state index in [0.29, 0.717) is 5.69 Å². The van der Waals surface area contributed by atoms with Crippen molar-refractivity contribution in [2.75, 3.05) is 12.0 Å². The lowest BCUT2D eigenvalue weighted by Crippen LogP contribution is -2.47. The van der Waals surface area contributed by atoms with Gasteiger partial charge in [0, 0.05) is 18.2 Å². The Balaban J connectivity index is 2.90. The number of carbonyl (C=O) groups is 4. The zero-order valence-electron chi connectivity index (χ0n) is 11.1. The van der Waals surface area contributed by atoms with E-state index in [0.717, 1.165) is 0 Å². The van der Waals surface area contributed by atoms with Gasteiger partial charge in [0.1, 0.15) is 0 Å². The first-order valence-electron chi connectivity index (χ1n) is 5.85. The topological polar surface area (TPSA) is 113 Å². The Kier molecular flexibility index (Phi) is 5.53. The van der Waals surface area contributed by atoms with Gasteiger partial charge < -0.3 is 15.7 Å². The Morgan fingerprint density at radius 3 is 2.48 bits per heavy atom. The maximum Gasteiger partial charge on any atom is 0.334 e. The van der Waals surface area contributed by atoms with Crippen molar-refractivity contribution in [1.29, 1.82) is 0 Å². The molecule has 0 spiro atoms. The fraction of sp³-hybridized carbons (Fsp3) is 0.231. The maximum absolute atomic E-state index is 12.2. The summed E-state index contributed by atoms with van der Waals surface area (Å²) < 4.78 is 12.2. The summed E-state index contributed by atoms with van der Waals surface area (Å²) >= 11 is 0. The van der Waals surface area contributed by atoms with E-state index in [1.54, 1.807) is 0 Å². The molecule has 0 aliphatic heterocycles. The molecule has 1 rings (SSSR count). The first-order chi connectivity index (χ1) is 9.85. The maximum atomic E-state index is 12.2. The number of hydrogen-bond acceptors (Lipinski definition) is 4. The summed E-state index contributed by atoms with van der Waals surface area (Å²) in [7, 11) is 0. The predicted molar refractivity (Wildman–Crippen MR) is 70.6 cm³/mol. The monoisotopic (exact) mass is 296 g/mol. The molecule has 112 valence electrons. The number of nitrogens with one attached hydrogen (secondary N) is 2. The molecule has 1 unspecified atom stereocenters. The number of benzene rings is 1. The Morgan fingerprint density at radius 1 is 1.29 bits per heavy atom. The SMILES string of the molecule is CC(=O)Nc1cccc(C(=O)NC(C(=O)O)C(=O)CF)c1. The van der Waals surface area contributed by atoms with Gasteiger partial charge in [-0.05, 0) is 18.2 Å². The number of anilines is 1. The minimum absolute atomic E-state index is 0.0270. The second-order valence-corrected chi connectivity index (χ2v) is 4.11. The summed E-state index contributed by atoms with van der Waals surface area (Å²) in [6.45, 7) is -0.212. The number of carbonyl (C=O) groups excluding carboxylic acids is 3. The standard InChI is InChI=1S/C13H13FN2O5/c1-7(17)15-9-4-2-3-8(5-9)12(19)16-11(13(20)21)10(18)6-14/h2-5,11H,6H2,1H3,(H,15,17)(H,16,19)(H,20,21). The fourth-order valence-electron chi connectivity index (χ4n) is 1.51. The van der Waals surface area contributed by atoms with Crippen LogP contribution in [0.25, 0.3) is 0 Å². The van der Waals surface area contributed by atoms with Gasteiger partial charge in [-0.2, -0.15) is 0 Å². The number of ketones is 1. The molecule has 0 bridgehead atoms. The largest absolute Gasteiger partial charge is 0.479 e. The molecule has 1 atom stereocenters. The fourth-order valence-corrected chi connectivity index (χ4v) is 1.51. The highest BCUT2D eigenvalue weighted by Crippen LogP contribution is 2.11. The van der Waals surface area contributed by atoms with Gasteiger partial charge in [0.05, 0.1) is 0 Å². The third-order valence-electron chi connectivity index (χ3n) is 2.42. The molecule has 1 aromatic rings. The van der Waals surface area contributed by atoms with Crippen LogP contribution in [0.2, 0.25) is 0 Å². The summed E-state index contributed by atoms with van der Waals surface area (Å²) in [6.07, 6.45) is 0. The van der Waals surface area contributed by atoms with Gasteiger partial charge in [-0.1, -0.05) is 6.07 Å². The second kappa shape index (κ2) is 7.13. The van der Waals surface area contributed by atoms with Gasteiger partial charge in [0.15, 0.2) is 18.5 Å². The molecule has 0 saturated carbocycles. The summed E-state index contributed by atoms with van der Waals surface area (Å²) in [5.74, 6) is -4.11. The third-order valence-corrected chi connectivity index (χ3v) is 2.42. The first-order valence-corrected chi connectivity index (χ1v) is 5.85. The van der Waals surface area contributed by atoms with Gasteiger partial charge in [-0.15, -0.1) is 0 Å². The van der Waals surface area contributed by atoms with Crippen LogP contribution >= 0.6 is 0 Å². The van der Waals surface area contributed by atoms with Crippen molar-refractivity contribution in [2.45, 2.75) is 13.0 Å². The lowest BCUT2D eigenvalue weighted by Gasteiger charge is -2.12. The van der Waals surface area contributed by atoms with E-state index < -0.39 is 30.4 Å². The number of halogens is 1. The zero-order valence-corrected chi connectivity index (χ0v) is 11.1. The zero-order chi connectivity index (χ0) is 16.0. The summed E-state index contributed by atoms with van der Waals surface area (Å²) in [5, 5.41) is 13.2. The number of alkyl halides is 1. The highest BCUT2D eigenvalue weighted by Gasteiger charge is 2.28. The molecule has 7 nitrogen and oxygen atoms in total. The van der Waals surface area contributed by atoms with Crippen LogP contribution in [0.5, 0.6) is 0 Å². The molecular weight excluding hydrogens is 283 g/mol. The molecule has 8 heteroatoms. The Morgan fingerprint density at radius 2 is 1.95 bits per heavy atom. The Labute approximate surface area is 119 Å². The smallest absolute Gasteiger partial charge is 0.334 e. The second-order valence-electron chi connectivity index (χ2n) is 4.11. The molecule has 0 aromatic heterocycles. The first kappa shape index (κ1) is 16.3. The number of carboxylic acid groups (broad SMARTS) is 1. The normalized spacial score (nSPS) is 11.3. The van der Waals surface area contributed by atoms with Crippen LogP contribution in [0.15, 0.2) is 24.3 Å². The summed E-state index contributed by atoms with van der Waals surface area (Å²) in [6, 6.07) is 3.70. The van der Waals surface area contributed by atoms with Crippen LogP contribution in [0.1, 0.15) is 17.3 Å². The van der Waals surface area contributed by atoms with E-state index in [4.69, 9.17) is 5.11 Å². The van der Waals surface area contributed by atoms with Gasteiger partial charge in [-0.25, -0.2) is 9.18 Å². The van der Waals surface area contributed by atoms with E-state index in [2.05, 4.69) is 5.32 Å². The summed E-state index contributed by atoms with van der Waals surface area (Å²) in [5.41, 5.74) is 0.359. The summed E-state index contributed by atoms with van der Waals surface area (Å²) in [4.78, 5) is 44.7. The minimum atomic E-state index is -1.95. The average molecular weight is 296 g/mol. The van der Waals surface area contributed by atoms with Crippen molar-refractivity contribution in [3.63, 3.8) is 0 Å². The highest BCUT2D eigenvalue weighted by atomic mass is 19.1. The van der Waals surface area contributed by atoms with Crippen LogP contribution in [0.3, 0.4) is 0 Å². The average Bonchev–Trinajstić information content (AvgIpc) is 2.42. The lowest BCUT2D eigenvalue weighted by atomic mass is 10.1. The van der Waals surface area contributed by atoms with Gasteiger partial charge in [0.25, 0.3) is 5.91 Å². The van der Waals surface area contributed by atoms with Crippen LogP contribution in [0.4, 0.5) is 10.1 Å². The molecule has 0 aliphatic rings. The van der Waals surface area contributed by atoms with Crippen LogP contribution in [-0.2, 0) is 14.4 Å². The molecule has 0 heterocycles. The number of Topliss-reactive ketones (excluding diaryl/α,β-unsaturated/α-hetero) is 1. The highest BCUT2D eigenvalue weighted by molar-refractivity contribution is 6.08. The molecule has 3 N–H and O–H groups in total. The Bertz CT molecular complexity index is 588. The van der Waals surface area contributed by atoms with E-state index in [9.17, 15) is 23.6 Å². The van der Waals surface area contributed by atoms with E-state index in [1.807, 2.05) is 5.32 Å². The molecule has 0 radical (unpaired) electrons. The predicted octanol–water partition coefficient (Wildman–Crippen LogP) is 0.367. The van der Waals surface area contributed by atoms with Crippen molar-refractivity contribution in [2.24, 2.45) is 0 Å². The molecule has 0 fully saturated rings. The van der Waals surface area contributed by atoms with Crippen molar-refractivity contribution >= 4 is 29.3 Å². The number of rotatable bonds is 6. The van der Waals surface area contributed by atoms with Crippen LogP contribution < -0.4 is 10.6 Å². The van der Waals surface area contributed by atoms with Crippen molar-refractivity contribution in [3.05, 3.63) is 29.8 Å². The Hall–Kier alpha value is -2.77. The number of amides is 2. The molecule has 2 amide bonds. The van der Waals surface area contributed by atoms with Crippen molar-refractivity contribution in [3.8, 4) is 0 Å². The molecule has 0 aliphatic carbocycles. The van der Waals surface area contributed by atoms with Crippen LogP contribution in [-0.4, -0.2) is 41.4 Å². The van der Waals surface area contributed by atoms with E-state index in [1.165, 1.54) is 31.2 Å². The quantitative estimate of drug-likeness (QED) is 0.656. The van der Waals surface area contributed by atoms with Gasteiger partial charge in [-0.3, -0.25) is 14.4 Å². The number of aliphatic carboxylic acids is 1. The third kappa shape index (κ3) is 4.68. The van der Waals surface area contributed by atoms with Gasteiger partial charge in [0.2, 0.25) is 5.91 Å². The molecule has 0 saturated heterocycles. The molecule has 21 heavy (non-hydrogen) atoms. The number of hydrogen-bond donors (Lipinski definition) is 3. The van der Waals surface area contributed by atoms with Crippen molar-refractivity contribution in [1.82, 2.24) is 5.32 Å². The molecule has 1 aromatic carbocycles. The van der Waals surface area contributed by atoms with Crippen LogP contribution in [0, 0.1) is 0 Å².